The third-order valence-electron chi connectivity index (χ3n) is 3.29. The lowest BCUT2D eigenvalue weighted by Crippen LogP contribution is -2.49. The molecule has 1 aromatic carbocycles. The van der Waals surface area contributed by atoms with Crippen LogP contribution in [0.25, 0.3) is 0 Å². The van der Waals surface area contributed by atoms with Gasteiger partial charge in [-0.3, -0.25) is 0 Å². The van der Waals surface area contributed by atoms with E-state index in [0.717, 1.165) is 12.8 Å². The maximum absolute atomic E-state index is 11.9. The van der Waals surface area contributed by atoms with Gasteiger partial charge in [-0.2, -0.15) is 0 Å². The van der Waals surface area contributed by atoms with Gasteiger partial charge in [-0.15, -0.1) is 0 Å². The lowest BCUT2D eigenvalue weighted by Gasteiger charge is -2.35. The molecule has 1 saturated carbocycles. The van der Waals surface area contributed by atoms with E-state index in [0.29, 0.717) is 11.1 Å². The number of anilines is 1. The Labute approximate surface area is 131 Å². The van der Waals surface area contributed by atoms with Gasteiger partial charge < -0.3 is 20.5 Å². The van der Waals surface area contributed by atoms with Crippen LogP contribution >= 0.6 is 15.9 Å². The number of carboxylic acid groups (broad SMARTS) is 1. The summed E-state index contributed by atoms with van der Waals surface area (Å²) in [7, 11) is 0. The summed E-state index contributed by atoms with van der Waals surface area (Å²) in [6.07, 6.45) is 1.78. The second-order valence-corrected chi connectivity index (χ2v) is 5.75. The lowest BCUT2D eigenvalue weighted by molar-refractivity contribution is -0.00673. The zero-order valence-electron chi connectivity index (χ0n) is 11.6. The molecule has 0 bridgehead atoms. The van der Waals surface area contributed by atoms with Crippen molar-refractivity contribution in [2.75, 3.05) is 11.9 Å². The van der Waals surface area contributed by atoms with Crippen LogP contribution in [0.4, 0.5) is 10.5 Å². The number of carboxylic acids is 1. The SMILES string of the molecule is CCOC1CC(NC(=O)Nc2cc(Br)ccc2C(=O)O)C1. The van der Waals surface area contributed by atoms with Crippen molar-refractivity contribution < 1.29 is 19.4 Å². The summed E-state index contributed by atoms with van der Waals surface area (Å²) in [6, 6.07) is 4.28. The monoisotopic (exact) mass is 356 g/mol. The third kappa shape index (κ3) is 4.18. The molecule has 1 aliphatic carbocycles. The van der Waals surface area contributed by atoms with Crippen molar-refractivity contribution in [1.82, 2.24) is 5.32 Å². The molecule has 0 spiro atoms. The van der Waals surface area contributed by atoms with Crippen molar-refractivity contribution >= 4 is 33.6 Å². The molecule has 114 valence electrons. The molecule has 1 aliphatic rings. The van der Waals surface area contributed by atoms with Crippen LogP contribution in [0, 0.1) is 0 Å². The molecule has 0 aromatic heterocycles. The van der Waals surface area contributed by atoms with Gasteiger partial charge >= 0.3 is 12.0 Å². The van der Waals surface area contributed by atoms with Crippen LogP contribution in [0.15, 0.2) is 22.7 Å². The van der Waals surface area contributed by atoms with E-state index in [4.69, 9.17) is 9.84 Å². The Hall–Kier alpha value is -1.60. The maximum Gasteiger partial charge on any atom is 0.337 e. The van der Waals surface area contributed by atoms with Gasteiger partial charge in [0.2, 0.25) is 0 Å². The van der Waals surface area contributed by atoms with Crippen molar-refractivity contribution in [1.29, 1.82) is 0 Å². The molecule has 1 fully saturated rings. The number of halogens is 1. The highest BCUT2D eigenvalue weighted by atomic mass is 79.9. The number of rotatable bonds is 5. The first-order chi connectivity index (χ1) is 9.99. The van der Waals surface area contributed by atoms with Crippen LogP contribution in [0.3, 0.4) is 0 Å². The molecule has 3 N–H and O–H groups in total. The molecular formula is C14H17BrN2O4. The van der Waals surface area contributed by atoms with Gasteiger partial charge in [0.05, 0.1) is 17.4 Å². The molecule has 2 rings (SSSR count). The number of urea groups is 1. The molecule has 0 saturated heterocycles. The zero-order chi connectivity index (χ0) is 15.4. The summed E-state index contributed by atoms with van der Waals surface area (Å²) in [4.78, 5) is 23.0. The van der Waals surface area contributed by atoms with Crippen LogP contribution in [0.5, 0.6) is 0 Å². The normalized spacial score (nSPS) is 20.5. The van der Waals surface area contributed by atoms with E-state index < -0.39 is 12.0 Å². The van der Waals surface area contributed by atoms with E-state index in [1.165, 1.54) is 6.07 Å². The Morgan fingerprint density at radius 3 is 2.76 bits per heavy atom. The fourth-order valence-electron chi connectivity index (χ4n) is 2.21. The molecule has 7 heteroatoms. The summed E-state index contributed by atoms with van der Waals surface area (Å²) in [6.45, 7) is 2.61. The summed E-state index contributed by atoms with van der Waals surface area (Å²) in [5, 5.41) is 14.5. The quantitative estimate of drug-likeness (QED) is 0.756. The van der Waals surface area contributed by atoms with Crippen LogP contribution in [-0.2, 0) is 4.74 Å². The van der Waals surface area contributed by atoms with E-state index in [1.807, 2.05) is 6.92 Å². The van der Waals surface area contributed by atoms with E-state index >= 15 is 0 Å². The highest BCUT2D eigenvalue weighted by molar-refractivity contribution is 9.10. The predicted octanol–water partition coefficient (Wildman–Crippen LogP) is 2.84. The van der Waals surface area contributed by atoms with Gasteiger partial charge in [0, 0.05) is 17.1 Å². The number of ether oxygens (including phenoxy) is 1. The fraction of sp³-hybridized carbons (Fsp3) is 0.429. The summed E-state index contributed by atoms with van der Waals surface area (Å²) < 4.78 is 6.12. The highest BCUT2D eigenvalue weighted by Crippen LogP contribution is 2.24. The topological polar surface area (TPSA) is 87.7 Å². The molecule has 0 radical (unpaired) electrons. The number of carbonyl (C=O) groups excluding carboxylic acids is 1. The van der Waals surface area contributed by atoms with Gasteiger partial charge in [-0.05, 0) is 38.0 Å². The maximum atomic E-state index is 11.9. The molecule has 6 nitrogen and oxygen atoms in total. The smallest absolute Gasteiger partial charge is 0.337 e. The van der Waals surface area contributed by atoms with Gasteiger partial charge in [0.25, 0.3) is 0 Å². The fourth-order valence-corrected chi connectivity index (χ4v) is 2.57. The highest BCUT2D eigenvalue weighted by Gasteiger charge is 2.30. The van der Waals surface area contributed by atoms with E-state index in [9.17, 15) is 9.59 Å². The van der Waals surface area contributed by atoms with Crippen LogP contribution in [0.2, 0.25) is 0 Å². The number of hydrogen-bond acceptors (Lipinski definition) is 3. The van der Waals surface area contributed by atoms with Crippen molar-refractivity contribution in [2.45, 2.75) is 31.9 Å². The Bertz CT molecular complexity index is 544. The minimum Gasteiger partial charge on any atom is -0.478 e. The first-order valence-corrected chi connectivity index (χ1v) is 7.51. The molecule has 0 aliphatic heterocycles. The molecule has 2 amide bonds. The third-order valence-corrected chi connectivity index (χ3v) is 3.79. The minimum absolute atomic E-state index is 0.0501. The van der Waals surface area contributed by atoms with Gasteiger partial charge in [0.1, 0.15) is 0 Å². The molecule has 21 heavy (non-hydrogen) atoms. The van der Waals surface area contributed by atoms with Crippen molar-refractivity contribution in [3.63, 3.8) is 0 Å². The number of nitrogens with one attached hydrogen (secondary N) is 2. The summed E-state index contributed by atoms with van der Waals surface area (Å²) >= 11 is 3.25. The minimum atomic E-state index is -1.09. The van der Waals surface area contributed by atoms with Crippen molar-refractivity contribution in [2.24, 2.45) is 0 Å². The Balaban J connectivity index is 1.91. The summed E-state index contributed by atoms with van der Waals surface area (Å²) in [5.41, 5.74) is 0.309. The first kappa shape index (κ1) is 15.8. The number of amides is 2. The van der Waals surface area contributed by atoms with Crippen LogP contribution in [0.1, 0.15) is 30.1 Å². The van der Waals surface area contributed by atoms with Crippen molar-refractivity contribution in [3.05, 3.63) is 28.2 Å². The molecule has 0 unspecified atom stereocenters. The molecule has 0 atom stereocenters. The van der Waals surface area contributed by atoms with E-state index in [1.54, 1.807) is 12.1 Å². The zero-order valence-corrected chi connectivity index (χ0v) is 13.1. The Morgan fingerprint density at radius 2 is 2.14 bits per heavy atom. The second kappa shape index (κ2) is 6.91. The Kier molecular flexibility index (Phi) is 5.19. The molecule has 1 aromatic rings. The first-order valence-electron chi connectivity index (χ1n) is 6.71. The van der Waals surface area contributed by atoms with Gasteiger partial charge in [-0.1, -0.05) is 15.9 Å². The number of hydrogen-bond donors (Lipinski definition) is 3. The average Bonchev–Trinajstić information content (AvgIpc) is 2.36. The molecular weight excluding hydrogens is 340 g/mol. The Morgan fingerprint density at radius 1 is 1.43 bits per heavy atom. The van der Waals surface area contributed by atoms with Crippen LogP contribution < -0.4 is 10.6 Å². The number of aromatic carboxylic acids is 1. The van der Waals surface area contributed by atoms with Crippen molar-refractivity contribution in [3.8, 4) is 0 Å². The molecule has 0 heterocycles. The predicted molar refractivity (Wildman–Crippen MR) is 81.7 cm³/mol. The van der Waals surface area contributed by atoms with E-state index in [2.05, 4.69) is 26.6 Å². The van der Waals surface area contributed by atoms with Gasteiger partial charge in [0.15, 0.2) is 0 Å². The number of benzene rings is 1. The standard InChI is InChI=1S/C14H17BrN2O4/c1-2-21-10-6-9(7-10)16-14(20)17-12-5-8(15)3-4-11(12)13(18)19/h3-5,9-10H,2,6-7H2,1H3,(H,18,19)(H2,16,17,20). The van der Waals surface area contributed by atoms with E-state index in [-0.39, 0.29) is 23.4 Å². The second-order valence-electron chi connectivity index (χ2n) is 4.84. The van der Waals surface area contributed by atoms with Gasteiger partial charge in [-0.25, -0.2) is 9.59 Å². The van der Waals surface area contributed by atoms with Crippen LogP contribution in [-0.4, -0.2) is 35.9 Å². The largest absolute Gasteiger partial charge is 0.478 e. The lowest BCUT2D eigenvalue weighted by atomic mass is 9.89. The average molecular weight is 357 g/mol. The number of carbonyl (C=O) groups is 2. The summed E-state index contributed by atoms with van der Waals surface area (Å²) in [5.74, 6) is -1.09.